The minimum absolute atomic E-state index is 0.0873. The summed E-state index contributed by atoms with van der Waals surface area (Å²) >= 11 is 11.8. The molecule has 2 rings (SSSR count). The van der Waals surface area contributed by atoms with E-state index in [1.165, 1.54) is 18.2 Å². The Hall–Kier alpha value is -2.00. The molecule has 10 heteroatoms. The third-order valence-electron chi connectivity index (χ3n) is 3.52. The maximum absolute atomic E-state index is 13.1. The molecule has 0 aliphatic rings. The highest BCUT2D eigenvalue weighted by Gasteiger charge is 2.27. The summed E-state index contributed by atoms with van der Waals surface area (Å²) < 4.78 is 32.6. The zero-order chi connectivity index (χ0) is 20.0. The van der Waals surface area contributed by atoms with Crippen molar-refractivity contribution in [2.24, 2.45) is 5.84 Å². The van der Waals surface area contributed by atoms with Gasteiger partial charge in [0.05, 0.1) is 27.2 Å². The molecule has 0 aromatic heterocycles. The van der Waals surface area contributed by atoms with Crippen molar-refractivity contribution in [1.82, 2.24) is 5.43 Å². The van der Waals surface area contributed by atoms with Gasteiger partial charge in [-0.05, 0) is 48.9 Å². The third-order valence-corrected chi connectivity index (χ3v) is 6.03. The predicted molar refractivity (Wildman–Crippen MR) is 106 cm³/mol. The van der Waals surface area contributed by atoms with Crippen molar-refractivity contribution in [1.29, 1.82) is 0 Å². The van der Waals surface area contributed by atoms with Crippen molar-refractivity contribution in [2.45, 2.75) is 18.2 Å². The highest BCUT2D eigenvalue weighted by Crippen LogP contribution is 2.29. The molecular weight excluding hydrogens is 413 g/mol. The number of carbonyl (C=O) groups excluding carboxylic acids is 1. The third kappa shape index (κ3) is 5.26. The number of amides is 1. The van der Waals surface area contributed by atoms with Gasteiger partial charge in [-0.1, -0.05) is 30.1 Å². The van der Waals surface area contributed by atoms with E-state index in [1.54, 1.807) is 24.3 Å². The van der Waals surface area contributed by atoms with E-state index in [0.29, 0.717) is 12.4 Å². The van der Waals surface area contributed by atoms with E-state index < -0.39 is 22.5 Å². The number of benzene rings is 2. The molecule has 27 heavy (non-hydrogen) atoms. The zero-order valence-corrected chi connectivity index (χ0v) is 16.8. The Bertz CT molecular complexity index is 905. The predicted octanol–water partition coefficient (Wildman–Crippen LogP) is 2.97. The minimum atomic E-state index is -4.10. The molecule has 7 nitrogen and oxygen atoms in total. The van der Waals surface area contributed by atoms with Crippen molar-refractivity contribution < 1.29 is 17.9 Å². The molecule has 0 aliphatic heterocycles. The van der Waals surface area contributed by atoms with E-state index in [2.05, 4.69) is 0 Å². The highest BCUT2D eigenvalue weighted by atomic mass is 35.5. The van der Waals surface area contributed by atoms with E-state index in [1.807, 2.05) is 12.3 Å². The van der Waals surface area contributed by atoms with Gasteiger partial charge in [0.2, 0.25) is 0 Å². The number of carbonyl (C=O) groups is 1. The summed E-state index contributed by atoms with van der Waals surface area (Å²) in [7, 11) is -4.10. The van der Waals surface area contributed by atoms with Gasteiger partial charge in [-0.15, -0.1) is 0 Å². The molecule has 0 fully saturated rings. The van der Waals surface area contributed by atoms with Crippen LogP contribution in [0.3, 0.4) is 0 Å². The average molecular weight is 432 g/mol. The van der Waals surface area contributed by atoms with Crippen LogP contribution in [0.15, 0.2) is 47.4 Å². The summed E-state index contributed by atoms with van der Waals surface area (Å²) in [6.07, 6.45) is 0.844. The van der Waals surface area contributed by atoms with Crippen LogP contribution >= 0.6 is 23.2 Å². The lowest BCUT2D eigenvalue weighted by Gasteiger charge is -2.24. The number of hydrogen-bond donors (Lipinski definition) is 2. The quantitative estimate of drug-likeness (QED) is 0.380. The number of rotatable bonds is 8. The lowest BCUT2D eigenvalue weighted by atomic mass is 10.3. The number of hydrazine groups is 1. The van der Waals surface area contributed by atoms with Crippen LogP contribution in [0, 0.1) is 0 Å². The largest absolute Gasteiger partial charge is 0.494 e. The molecular formula is C17H19Cl2N3O4S. The topological polar surface area (TPSA) is 102 Å². The number of anilines is 1. The zero-order valence-electron chi connectivity index (χ0n) is 14.5. The Balaban J connectivity index is 2.43. The number of sulfonamides is 1. The van der Waals surface area contributed by atoms with Gasteiger partial charge in [0.25, 0.3) is 15.9 Å². The van der Waals surface area contributed by atoms with Crippen LogP contribution in [0.2, 0.25) is 10.0 Å². The number of ether oxygens (including phenoxy) is 1. The van der Waals surface area contributed by atoms with Crippen LogP contribution in [-0.2, 0) is 14.8 Å². The molecule has 0 atom stereocenters. The molecule has 0 radical (unpaired) electrons. The van der Waals surface area contributed by atoms with E-state index in [9.17, 15) is 13.2 Å². The molecule has 0 saturated heterocycles. The standard InChI is InChI=1S/C17H19Cl2N3O4S/c1-2-9-26-13-5-3-12(4-6-13)22(11-17(23)21-20)27(24,25)14-7-8-15(18)16(19)10-14/h3-8,10H,2,9,11,20H2,1H3,(H,21,23). The van der Waals surface area contributed by atoms with Gasteiger partial charge in [-0.25, -0.2) is 14.3 Å². The summed E-state index contributed by atoms with van der Waals surface area (Å²) in [6, 6.07) is 10.3. The van der Waals surface area contributed by atoms with Gasteiger partial charge < -0.3 is 4.74 Å². The van der Waals surface area contributed by atoms with Crippen molar-refractivity contribution >= 4 is 44.8 Å². The molecule has 0 unspecified atom stereocenters. The smallest absolute Gasteiger partial charge is 0.264 e. The number of nitrogens with one attached hydrogen (secondary N) is 1. The van der Waals surface area contributed by atoms with Gasteiger partial charge in [-0.2, -0.15) is 0 Å². The molecule has 0 heterocycles. The van der Waals surface area contributed by atoms with Crippen molar-refractivity contribution in [3.63, 3.8) is 0 Å². The van der Waals surface area contributed by atoms with Crippen molar-refractivity contribution in [2.75, 3.05) is 17.5 Å². The van der Waals surface area contributed by atoms with Gasteiger partial charge in [0.15, 0.2) is 0 Å². The first-order valence-corrected chi connectivity index (χ1v) is 10.2. The highest BCUT2D eigenvalue weighted by molar-refractivity contribution is 7.92. The molecule has 0 spiro atoms. The first-order chi connectivity index (χ1) is 12.8. The van der Waals surface area contributed by atoms with Gasteiger partial charge in [-0.3, -0.25) is 14.5 Å². The molecule has 1 amide bonds. The number of halogens is 2. The molecule has 146 valence electrons. The Morgan fingerprint density at radius 3 is 2.37 bits per heavy atom. The fraction of sp³-hybridized carbons (Fsp3) is 0.235. The van der Waals surface area contributed by atoms with Gasteiger partial charge in [0, 0.05) is 0 Å². The van der Waals surface area contributed by atoms with Crippen LogP contribution in [0.5, 0.6) is 5.75 Å². The van der Waals surface area contributed by atoms with E-state index in [0.717, 1.165) is 10.7 Å². The Morgan fingerprint density at radius 1 is 1.15 bits per heavy atom. The normalized spacial score (nSPS) is 11.1. The second kappa shape index (κ2) is 9.27. The lowest BCUT2D eigenvalue weighted by molar-refractivity contribution is -0.119. The van der Waals surface area contributed by atoms with Crippen molar-refractivity contribution in [3.05, 3.63) is 52.5 Å². The summed E-state index contributed by atoms with van der Waals surface area (Å²) in [5.41, 5.74) is 2.20. The first-order valence-electron chi connectivity index (χ1n) is 7.99. The Kier molecular flexibility index (Phi) is 7.32. The van der Waals surface area contributed by atoms with Crippen LogP contribution in [0.25, 0.3) is 0 Å². The summed E-state index contributed by atoms with van der Waals surface area (Å²) in [5.74, 6) is 5.04. The van der Waals surface area contributed by atoms with Crippen LogP contribution in [0.1, 0.15) is 13.3 Å². The molecule has 0 bridgehead atoms. The Morgan fingerprint density at radius 2 is 1.81 bits per heavy atom. The molecule has 0 aliphatic carbocycles. The summed E-state index contributed by atoms with van der Waals surface area (Å²) in [6.45, 7) is 2.01. The minimum Gasteiger partial charge on any atom is -0.494 e. The Labute approximate surface area is 168 Å². The molecule has 0 saturated carbocycles. The monoisotopic (exact) mass is 431 g/mol. The maximum atomic E-state index is 13.1. The molecule has 3 N–H and O–H groups in total. The van der Waals surface area contributed by atoms with Gasteiger partial charge in [0.1, 0.15) is 12.3 Å². The fourth-order valence-corrected chi connectivity index (χ4v) is 3.99. The van der Waals surface area contributed by atoms with E-state index in [-0.39, 0.29) is 20.6 Å². The van der Waals surface area contributed by atoms with E-state index in [4.69, 9.17) is 33.8 Å². The second-order valence-corrected chi connectivity index (χ2v) is 8.17. The fourth-order valence-electron chi connectivity index (χ4n) is 2.18. The number of nitrogens with zero attached hydrogens (tertiary/aromatic N) is 1. The molecule has 2 aromatic carbocycles. The summed E-state index contributed by atoms with van der Waals surface area (Å²) in [4.78, 5) is 11.7. The average Bonchev–Trinajstić information content (AvgIpc) is 2.66. The van der Waals surface area contributed by atoms with Crippen LogP contribution in [-0.4, -0.2) is 27.5 Å². The van der Waals surface area contributed by atoms with Crippen LogP contribution < -0.4 is 20.3 Å². The number of hydrogen-bond acceptors (Lipinski definition) is 5. The van der Waals surface area contributed by atoms with Crippen molar-refractivity contribution in [3.8, 4) is 5.75 Å². The SMILES string of the molecule is CCCOc1ccc(N(CC(=O)NN)S(=O)(=O)c2ccc(Cl)c(Cl)c2)cc1. The summed E-state index contributed by atoms with van der Waals surface area (Å²) in [5, 5.41) is 0.309. The first kappa shape index (κ1) is 21.3. The number of nitrogens with two attached hydrogens (primary N) is 1. The van der Waals surface area contributed by atoms with E-state index >= 15 is 0 Å². The lowest BCUT2D eigenvalue weighted by Crippen LogP contribution is -2.43. The maximum Gasteiger partial charge on any atom is 0.264 e. The van der Waals surface area contributed by atoms with Crippen LogP contribution in [0.4, 0.5) is 5.69 Å². The van der Waals surface area contributed by atoms with Gasteiger partial charge >= 0.3 is 0 Å². The molecule has 2 aromatic rings. The second-order valence-electron chi connectivity index (χ2n) is 5.50.